The molecule has 25 heavy (non-hydrogen) atoms. The van der Waals surface area contributed by atoms with Crippen molar-refractivity contribution in [1.82, 2.24) is 9.97 Å². The van der Waals surface area contributed by atoms with E-state index < -0.39 is 10.5 Å². The van der Waals surface area contributed by atoms with Gasteiger partial charge in [0.2, 0.25) is 0 Å². The molecule has 9 nitrogen and oxygen atoms in total. The van der Waals surface area contributed by atoms with Gasteiger partial charge in [0, 0.05) is 25.8 Å². The summed E-state index contributed by atoms with van der Waals surface area (Å²) in [5, 5.41) is 14.5. The lowest BCUT2D eigenvalue weighted by Crippen LogP contribution is -2.16. The van der Waals surface area contributed by atoms with E-state index in [1.54, 1.807) is 0 Å². The van der Waals surface area contributed by atoms with Crippen LogP contribution in [-0.2, 0) is 9.47 Å². The third-order valence-electron chi connectivity index (χ3n) is 4.06. The van der Waals surface area contributed by atoms with E-state index in [4.69, 9.17) is 9.47 Å². The first-order valence-corrected chi connectivity index (χ1v) is 8.24. The SMILES string of the molecule is O=c1[nH]cnc2cc(NCCCOCC3CCCO3)c([N+](=O)[O-])cc12. The lowest BCUT2D eigenvalue weighted by atomic mass is 10.2. The van der Waals surface area contributed by atoms with Crippen molar-refractivity contribution in [3.05, 3.63) is 38.9 Å². The number of nitrogens with one attached hydrogen (secondary N) is 2. The second kappa shape index (κ2) is 8.04. The number of aromatic nitrogens is 2. The van der Waals surface area contributed by atoms with Crippen LogP contribution in [0.1, 0.15) is 19.3 Å². The van der Waals surface area contributed by atoms with Crippen LogP contribution in [0.15, 0.2) is 23.3 Å². The van der Waals surface area contributed by atoms with Gasteiger partial charge in [0.15, 0.2) is 0 Å². The first-order chi connectivity index (χ1) is 12.1. The molecule has 9 heteroatoms. The molecule has 0 amide bonds. The standard InChI is InChI=1S/C16H20N4O5/c21-16-12-7-15(20(22)23)14(8-13(12)18-10-19-16)17-4-2-5-24-9-11-3-1-6-25-11/h7-8,10-11,17H,1-6,9H2,(H,18,19,21). The third-order valence-corrected chi connectivity index (χ3v) is 4.06. The Kier molecular flexibility index (Phi) is 5.56. The molecule has 0 radical (unpaired) electrons. The molecule has 2 N–H and O–H groups in total. The van der Waals surface area contributed by atoms with Crippen LogP contribution in [0.4, 0.5) is 11.4 Å². The van der Waals surface area contributed by atoms with Gasteiger partial charge in [-0.3, -0.25) is 14.9 Å². The summed E-state index contributed by atoms with van der Waals surface area (Å²) >= 11 is 0. The molecule has 2 heterocycles. The lowest BCUT2D eigenvalue weighted by molar-refractivity contribution is -0.383. The molecule has 1 aliphatic heterocycles. The quantitative estimate of drug-likeness (QED) is 0.424. The Morgan fingerprint density at radius 3 is 3.12 bits per heavy atom. The monoisotopic (exact) mass is 348 g/mol. The number of aromatic amines is 1. The molecule has 134 valence electrons. The number of nitro benzene ring substituents is 1. The van der Waals surface area contributed by atoms with Gasteiger partial charge in [-0.25, -0.2) is 4.98 Å². The Labute approximate surface area is 143 Å². The van der Waals surface area contributed by atoms with Crippen molar-refractivity contribution in [3.63, 3.8) is 0 Å². The second-order valence-electron chi connectivity index (χ2n) is 5.87. The van der Waals surface area contributed by atoms with E-state index in [1.807, 2.05) is 0 Å². The molecule has 1 fully saturated rings. The minimum atomic E-state index is -0.512. The molecular weight excluding hydrogens is 328 g/mol. The fourth-order valence-corrected chi connectivity index (χ4v) is 2.78. The van der Waals surface area contributed by atoms with Gasteiger partial charge in [-0.05, 0) is 25.3 Å². The molecule has 1 aromatic carbocycles. The van der Waals surface area contributed by atoms with E-state index >= 15 is 0 Å². The van der Waals surface area contributed by atoms with Gasteiger partial charge in [0.1, 0.15) is 5.69 Å². The smallest absolute Gasteiger partial charge is 0.293 e. The summed E-state index contributed by atoms with van der Waals surface area (Å²) in [4.78, 5) is 28.9. The Balaban J connectivity index is 1.57. The molecule has 1 aliphatic rings. The fraction of sp³-hybridized carbons (Fsp3) is 0.500. The number of benzene rings is 1. The largest absolute Gasteiger partial charge is 0.379 e. The summed E-state index contributed by atoms with van der Waals surface area (Å²) in [6.07, 6.45) is 4.29. The Morgan fingerprint density at radius 2 is 2.36 bits per heavy atom. The Bertz CT molecular complexity index is 801. The zero-order chi connectivity index (χ0) is 17.6. The van der Waals surface area contributed by atoms with Crippen LogP contribution in [0.25, 0.3) is 10.9 Å². The van der Waals surface area contributed by atoms with E-state index in [0.717, 1.165) is 19.4 Å². The third kappa shape index (κ3) is 4.31. The van der Waals surface area contributed by atoms with Crippen LogP contribution in [0.5, 0.6) is 0 Å². The number of nitrogens with zero attached hydrogens (tertiary/aromatic N) is 2. The average molecular weight is 348 g/mol. The van der Waals surface area contributed by atoms with Gasteiger partial charge in [-0.2, -0.15) is 0 Å². The number of hydrogen-bond acceptors (Lipinski definition) is 7. The first-order valence-electron chi connectivity index (χ1n) is 8.24. The molecule has 0 spiro atoms. The van der Waals surface area contributed by atoms with Crippen molar-refractivity contribution in [2.24, 2.45) is 0 Å². The molecular formula is C16H20N4O5. The second-order valence-corrected chi connectivity index (χ2v) is 5.87. The number of hydrogen-bond donors (Lipinski definition) is 2. The highest BCUT2D eigenvalue weighted by Crippen LogP contribution is 2.27. The number of fused-ring (bicyclic) bond motifs is 1. The van der Waals surface area contributed by atoms with E-state index in [0.29, 0.717) is 37.4 Å². The summed E-state index contributed by atoms with van der Waals surface area (Å²) in [6.45, 7) is 2.45. The van der Waals surface area contributed by atoms with Gasteiger partial charge in [0.05, 0.1) is 34.9 Å². The van der Waals surface area contributed by atoms with Crippen LogP contribution in [-0.4, -0.2) is 47.4 Å². The molecule has 0 saturated carbocycles. The Hall–Kier alpha value is -2.52. The summed E-state index contributed by atoms with van der Waals surface area (Å²) in [6, 6.07) is 2.77. The average Bonchev–Trinajstić information content (AvgIpc) is 3.11. The van der Waals surface area contributed by atoms with E-state index in [9.17, 15) is 14.9 Å². The number of anilines is 1. The summed E-state index contributed by atoms with van der Waals surface area (Å²) in [5.74, 6) is 0. The van der Waals surface area contributed by atoms with Crippen molar-refractivity contribution in [2.45, 2.75) is 25.4 Å². The van der Waals surface area contributed by atoms with Crippen molar-refractivity contribution >= 4 is 22.3 Å². The van der Waals surface area contributed by atoms with Crippen LogP contribution in [0.3, 0.4) is 0 Å². The molecule has 1 unspecified atom stereocenters. The molecule has 1 atom stereocenters. The number of ether oxygens (including phenoxy) is 2. The lowest BCUT2D eigenvalue weighted by Gasteiger charge is -2.11. The maximum atomic E-state index is 11.7. The molecule has 1 saturated heterocycles. The zero-order valence-corrected chi connectivity index (χ0v) is 13.7. The van der Waals surface area contributed by atoms with Gasteiger partial charge in [0.25, 0.3) is 11.2 Å². The van der Waals surface area contributed by atoms with Gasteiger partial charge in [-0.15, -0.1) is 0 Å². The zero-order valence-electron chi connectivity index (χ0n) is 13.7. The highest BCUT2D eigenvalue weighted by Gasteiger charge is 2.17. The van der Waals surface area contributed by atoms with Crippen molar-refractivity contribution in [3.8, 4) is 0 Å². The van der Waals surface area contributed by atoms with Crippen LogP contribution in [0.2, 0.25) is 0 Å². The minimum Gasteiger partial charge on any atom is -0.379 e. The number of nitro groups is 1. The van der Waals surface area contributed by atoms with Gasteiger partial charge < -0.3 is 19.8 Å². The number of rotatable bonds is 8. The highest BCUT2D eigenvalue weighted by atomic mass is 16.6. The van der Waals surface area contributed by atoms with E-state index in [-0.39, 0.29) is 17.2 Å². The van der Waals surface area contributed by atoms with E-state index in [1.165, 1.54) is 18.5 Å². The molecule has 0 aliphatic carbocycles. The normalized spacial score (nSPS) is 17.0. The summed E-state index contributed by atoms with van der Waals surface area (Å²) in [5.41, 5.74) is 0.203. The molecule has 0 bridgehead atoms. The molecule has 3 rings (SSSR count). The summed E-state index contributed by atoms with van der Waals surface area (Å²) < 4.78 is 11.0. The van der Waals surface area contributed by atoms with Crippen molar-refractivity contribution < 1.29 is 14.4 Å². The maximum Gasteiger partial charge on any atom is 0.293 e. The maximum absolute atomic E-state index is 11.7. The van der Waals surface area contributed by atoms with Crippen LogP contribution in [0, 0.1) is 10.1 Å². The fourth-order valence-electron chi connectivity index (χ4n) is 2.78. The van der Waals surface area contributed by atoms with Gasteiger partial charge in [-0.1, -0.05) is 0 Å². The van der Waals surface area contributed by atoms with Crippen molar-refractivity contribution in [1.29, 1.82) is 0 Å². The van der Waals surface area contributed by atoms with E-state index in [2.05, 4.69) is 15.3 Å². The van der Waals surface area contributed by atoms with Crippen LogP contribution < -0.4 is 10.9 Å². The first kappa shape index (κ1) is 17.3. The Morgan fingerprint density at radius 1 is 1.48 bits per heavy atom. The van der Waals surface area contributed by atoms with Crippen LogP contribution >= 0.6 is 0 Å². The van der Waals surface area contributed by atoms with Crippen molar-refractivity contribution in [2.75, 3.05) is 31.7 Å². The highest BCUT2D eigenvalue weighted by molar-refractivity contribution is 5.86. The predicted molar refractivity (Wildman–Crippen MR) is 91.9 cm³/mol. The minimum absolute atomic E-state index is 0.147. The summed E-state index contributed by atoms with van der Waals surface area (Å²) in [7, 11) is 0. The predicted octanol–water partition coefficient (Wildman–Crippen LogP) is 1.83. The topological polar surface area (TPSA) is 119 Å². The van der Waals surface area contributed by atoms with Gasteiger partial charge >= 0.3 is 0 Å². The molecule has 1 aromatic heterocycles. The number of H-pyrrole nitrogens is 1. The molecule has 2 aromatic rings.